The molecule has 21 heavy (non-hydrogen) atoms. The molecule has 1 N–H and O–H groups in total. The summed E-state index contributed by atoms with van der Waals surface area (Å²) in [5.41, 5.74) is 3.48. The van der Waals surface area contributed by atoms with Crippen LogP contribution in [0.2, 0.25) is 5.02 Å². The smallest absolute Gasteiger partial charge is 0.0702 e. The number of halogens is 1. The highest BCUT2D eigenvalue weighted by Gasteiger charge is 2.05. The van der Waals surface area contributed by atoms with Gasteiger partial charge in [-0.2, -0.15) is 0 Å². The number of rotatable bonds is 4. The molecule has 0 fully saturated rings. The fourth-order valence-corrected chi connectivity index (χ4v) is 2.60. The van der Waals surface area contributed by atoms with E-state index in [0.29, 0.717) is 0 Å². The molecule has 2 aromatic carbocycles. The van der Waals surface area contributed by atoms with Crippen molar-refractivity contribution in [3.63, 3.8) is 0 Å². The molecule has 0 saturated heterocycles. The summed E-state index contributed by atoms with van der Waals surface area (Å²) in [5.74, 6) is 0. The monoisotopic (exact) mass is 296 g/mol. The third-order valence-electron chi connectivity index (χ3n) is 3.63. The van der Waals surface area contributed by atoms with E-state index in [1.54, 1.807) is 0 Å². The second kappa shape index (κ2) is 6.25. The van der Waals surface area contributed by atoms with E-state index in [2.05, 4.69) is 47.6 Å². The van der Waals surface area contributed by atoms with Crippen LogP contribution in [0.3, 0.4) is 0 Å². The molecular formula is C18H17ClN2. The highest BCUT2D eigenvalue weighted by atomic mass is 35.5. The lowest BCUT2D eigenvalue weighted by molar-refractivity contribution is 0.575. The van der Waals surface area contributed by atoms with Crippen LogP contribution in [0, 0.1) is 0 Å². The lowest BCUT2D eigenvalue weighted by Gasteiger charge is -2.15. The maximum absolute atomic E-state index is 6.04. The topological polar surface area (TPSA) is 24.9 Å². The first kappa shape index (κ1) is 14.1. The van der Waals surface area contributed by atoms with Crippen LogP contribution in [0.4, 0.5) is 0 Å². The van der Waals surface area contributed by atoms with Crippen LogP contribution in [0.15, 0.2) is 60.8 Å². The van der Waals surface area contributed by atoms with Gasteiger partial charge in [-0.1, -0.05) is 35.9 Å². The number of benzene rings is 2. The van der Waals surface area contributed by atoms with E-state index in [0.717, 1.165) is 17.1 Å². The lowest BCUT2D eigenvalue weighted by Crippen LogP contribution is -2.18. The van der Waals surface area contributed by atoms with Crippen LogP contribution in [0.1, 0.15) is 24.1 Å². The number of nitrogens with zero attached hydrogens (tertiary/aromatic N) is 1. The van der Waals surface area contributed by atoms with Crippen LogP contribution in [-0.2, 0) is 6.54 Å². The van der Waals surface area contributed by atoms with E-state index in [4.69, 9.17) is 11.6 Å². The Morgan fingerprint density at radius 2 is 2.00 bits per heavy atom. The van der Waals surface area contributed by atoms with Gasteiger partial charge in [-0.15, -0.1) is 0 Å². The standard InChI is InChI=1S/C18H17ClN2/c1-13(15-4-2-6-17(19)11-15)21-12-14-7-8-18-16(10-14)5-3-9-20-18/h2-11,13,21H,12H2,1H3/t13-/m1/s1. The predicted octanol–water partition coefficient (Wildman–Crippen LogP) is 4.74. The number of pyridine rings is 1. The highest BCUT2D eigenvalue weighted by molar-refractivity contribution is 6.30. The summed E-state index contributed by atoms with van der Waals surface area (Å²) in [6.45, 7) is 2.97. The highest BCUT2D eigenvalue weighted by Crippen LogP contribution is 2.18. The number of hydrogen-bond donors (Lipinski definition) is 1. The van der Waals surface area contributed by atoms with Crippen LogP contribution >= 0.6 is 11.6 Å². The van der Waals surface area contributed by atoms with Crippen molar-refractivity contribution in [3.05, 3.63) is 76.9 Å². The molecule has 1 atom stereocenters. The average molecular weight is 297 g/mol. The van der Waals surface area contributed by atoms with Crippen LogP contribution in [0.25, 0.3) is 10.9 Å². The molecule has 0 spiro atoms. The Bertz CT molecular complexity index is 755. The summed E-state index contributed by atoms with van der Waals surface area (Å²) >= 11 is 6.04. The molecule has 0 aliphatic carbocycles. The molecule has 0 bridgehead atoms. The third kappa shape index (κ3) is 3.41. The van der Waals surface area contributed by atoms with Crippen molar-refractivity contribution in [2.24, 2.45) is 0 Å². The minimum absolute atomic E-state index is 0.258. The van der Waals surface area contributed by atoms with Crippen molar-refractivity contribution >= 4 is 22.5 Å². The largest absolute Gasteiger partial charge is 0.306 e. The fourth-order valence-electron chi connectivity index (χ4n) is 2.40. The first-order valence-electron chi connectivity index (χ1n) is 7.05. The van der Waals surface area contributed by atoms with E-state index in [1.165, 1.54) is 16.5 Å². The van der Waals surface area contributed by atoms with Gasteiger partial charge >= 0.3 is 0 Å². The maximum atomic E-state index is 6.04. The normalized spacial score (nSPS) is 12.5. The zero-order valence-corrected chi connectivity index (χ0v) is 12.6. The van der Waals surface area contributed by atoms with Gasteiger partial charge in [-0.25, -0.2) is 0 Å². The second-order valence-corrected chi connectivity index (χ2v) is 5.62. The number of nitrogens with one attached hydrogen (secondary N) is 1. The van der Waals surface area contributed by atoms with Crippen molar-refractivity contribution in [3.8, 4) is 0 Å². The molecule has 1 aromatic heterocycles. The van der Waals surface area contributed by atoms with Gasteiger partial charge in [0.2, 0.25) is 0 Å². The number of fused-ring (bicyclic) bond motifs is 1. The van der Waals surface area contributed by atoms with Crippen molar-refractivity contribution in [2.75, 3.05) is 0 Å². The van der Waals surface area contributed by atoms with Gasteiger partial charge < -0.3 is 5.32 Å². The van der Waals surface area contributed by atoms with Gasteiger partial charge in [-0.3, -0.25) is 4.98 Å². The van der Waals surface area contributed by atoms with Gasteiger partial charge in [-0.05, 0) is 48.4 Å². The molecular weight excluding hydrogens is 280 g/mol. The predicted molar refractivity (Wildman–Crippen MR) is 88.4 cm³/mol. The molecule has 2 nitrogen and oxygen atoms in total. The van der Waals surface area contributed by atoms with E-state index >= 15 is 0 Å². The van der Waals surface area contributed by atoms with Crippen LogP contribution in [-0.4, -0.2) is 4.98 Å². The molecule has 3 heteroatoms. The van der Waals surface area contributed by atoms with Crippen molar-refractivity contribution in [1.29, 1.82) is 0 Å². The van der Waals surface area contributed by atoms with E-state index in [9.17, 15) is 0 Å². The fraction of sp³-hybridized carbons (Fsp3) is 0.167. The lowest BCUT2D eigenvalue weighted by atomic mass is 10.1. The maximum Gasteiger partial charge on any atom is 0.0702 e. The first-order chi connectivity index (χ1) is 10.2. The summed E-state index contributed by atoms with van der Waals surface area (Å²) in [6.07, 6.45) is 1.82. The Morgan fingerprint density at radius 1 is 1.10 bits per heavy atom. The minimum atomic E-state index is 0.258. The zero-order chi connectivity index (χ0) is 14.7. The van der Waals surface area contributed by atoms with Crippen molar-refractivity contribution in [2.45, 2.75) is 19.5 Å². The zero-order valence-electron chi connectivity index (χ0n) is 11.9. The van der Waals surface area contributed by atoms with E-state index in [-0.39, 0.29) is 6.04 Å². The summed E-state index contributed by atoms with van der Waals surface area (Å²) < 4.78 is 0. The second-order valence-electron chi connectivity index (χ2n) is 5.19. The minimum Gasteiger partial charge on any atom is -0.306 e. The Morgan fingerprint density at radius 3 is 2.86 bits per heavy atom. The van der Waals surface area contributed by atoms with Crippen molar-refractivity contribution in [1.82, 2.24) is 10.3 Å². The first-order valence-corrected chi connectivity index (χ1v) is 7.43. The molecule has 0 amide bonds. The Labute approximate surface area is 129 Å². The third-order valence-corrected chi connectivity index (χ3v) is 3.86. The van der Waals surface area contributed by atoms with Gasteiger partial charge in [0.25, 0.3) is 0 Å². The average Bonchev–Trinajstić information content (AvgIpc) is 2.52. The van der Waals surface area contributed by atoms with Gasteiger partial charge in [0, 0.05) is 29.2 Å². The summed E-state index contributed by atoms with van der Waals surface area (Å²) in [5, 5.41) is 5.48. The SMILES string of the molecule is C[C@@H](NCc1ccc2ncccc2c1)c1cccc(Cl)c1. The number of aromatic nitrogens is 1. The summed E-state index contributed by atoms with van der Waals surface area (Å²) in [4.78, 5) is 4.34. The number of hydrogen-bond acceptors (Lipinski definition) is 2. The van der Waals surface area contributed by atoms with Crippen molar-refractivity contribution < 1.29 is 0 Å². The summed E-state index contributed by atoms with van der Waals surface area (Å²) in [6, 6.07) is 18.7. The van der Waals surface area contributed by atoms with E-state index < -0.39 is 0 Å². The molecule has 106 valence electrons. The molecule has 0 aliphatic heterocycles. The molecule has 3 aromatic rings. The summed E-state index contributed by atoms with van der Waals surface area (Å²) in [7, 11) is 0. The molecule has 0 aliphatic rings. The van der Waals surface area contributed by atoms with Crippen LogP contribution < -0.4 is 5.32 Å². The van der Waals surface area contributed by atoms with Gasteiger partial charge in [0.15, 0.2) is 0 Å². The quantitative estimate of drug-likeness (QED) is 0.752. The molecule has 0 unspecified atom stereocenters. The molecule has 0 saturated carbocycles. The Balaban J connectivity index is 1.71. The Kier molecular flexibility index (Phi) is 4.18. The molecule has 3 rings (SSSR count). The van der Waals surface area contributed by atoms with Crippen LogP contribution in [0.5, 0.6) is 0 Å². The molecule has 0 radical (unpaired) electrons. The van der Waals surface area contributed by atoms with Gasteiger partial charge in [0.1, 0.15) is 0 Å². The van der Waals surface area contributed by atoms with Gasteiger partial charge in [0.05, 0.1) is 5.52 Å². The molecule has 1 heterocycles. The van der Waals surface area contributed by atoms with E-state index in [1.807, 2.05) is 30.5 Å². The Hall–Kier alpha value is -1.90.